The number of nitrogen functional groups attached to an aromatic ring is 3. The van der Waals surface area contributed by atoms with E-state index in [0.717, 1.165) is 0 Å². The van der Waals surface area contributed by atoms with Gasteiger partial charge in [-0.05, 0) is 60.1 Å². The van der Waals surface area contributed by atoms with Crippen molar-refractivity contribution in [2.24, 2.45) is 11.8 Å². The van der Waals surface area contributed by atoms with Gasteiger partial charge in [-0.15, -0.1) is 0 Å². The summed E-state index contributed by atoms with van der Waals surface area (Å²) in [5.74, 6) is 0.965. The second-order valence-corrected chi connectivity index (χ2v) is 12.5. The quantitative estimate of drug-likeness (QED) is 0.118. The molecule has 0 aliphatic rings. The van der Waals surface area contributed by atoms with E-state index in [0.29, 0.717) is 55.7 Å². The van der Waals surface area contributed by atoms with Crippen LogP contribution in [0.15, 0.2) is 70.8 Å². The van der Waals surface area contributed by atoms with Crippen LogP contribution in [0.1, 0.15) is 44.5 Å². The van der Waals surface area contributed by atoms with Crippen LogP contribution < -0.4 is 28.3 Å². The molecule has 0 saturated carbocycles. The Bertz CT molecular complexity index is 2410. The van der Waals surface area contributed by atoms with Crippen LogP contribution in [0.3, 0.4) is 0 Å². The van der Waals surface area contributed by atoms with Gasteiger partial charge in [0.2, 0.25) is 5.24 Å². The van der Waals surface area contributed by atoms with Crippen LogP contribution in [-0.2, 0) is 16.0 Å². The van der Waals surface area contributed by atoms with Crippen molar-refractivity contribution >= 4 is 85.3 Å². The normalized spacial score (nSPS) is 9.87. The second-order valence-electron chi connectivity index (χ2n) is 11.4. The third-order valence-corrected chi connectivity index (χ3v) is 7.47. The Kier molecular flexibility index (Phi) is 17.7. The number of nitrogens with two attached hydrogens (primary N) is 3. The number of rotatable bonds is 4. The number of halogens is 3. The molecule has 6 heterocycles. The van der Waals surface area contributed by atoms with Crippen LogP contribution in [-0.4, -0.2) is 50.9 Å². The van der Waals surface area contributed by atoms with Gasteiger partial charge in [0.15, 0.2) is 11.3 Å². The molecule has 0 radical (unpaired) electrons. The zero-order valence-electron chi connectivity index (χ0n) is 29.7. The van der Waals surface area contributed by atoms with E-state index in [4.69, 9.17) is 62.5 Å². The summed E-state index contributed by atoms with van der Waals surface area (Å²) in [5.41, 5.74) is 17.7. The Hall–Kier alpha value is -6.53. The number of H-pyrrole nitrogens is 2. The fourth-order valence-electron chi connectivity index (χ4n) is 3.52. The number of hydrogen-bond acceptors (Lipinski definition) is 15. The number of anilines is 3. The van der Waals surface area contributed by atoms with Crippen molar-refractivity contribution in [1.82, 2.24) is 39.9 Å². The van der Waals surface area contributed by atoms with Gasteiger partial charge in [-0.3, -0.25) is 19.2 Å². The number of fused-ring (bicyclic) bond motifs is 2. The molecular formula is C35H34Cl3N13O4. The Morgan fingerprint density at radius 1 is 0.709 bits per heavy atom. The van der Waals surface area contributed by atoms with E-state index in [1.165, 1.54) is 36.9 Å². The Morgan fingerprint density at radius 3 is 1.69 bits per heavy atom. The Morgan fingerprint density at radius 2 is 1.20 bits per heavy atom. The SMILES string of the molecule is CC(C)C(=O)Cc1ccc2c(=O)[nH]cnc2n1.CC(C)C(=O)Cl.N#Cc1ccc(Cl)nc1Cl.N#Cc1ccc(N)nc1N.Nc1ccc2c(=O)[nH]cnc2n1. The zero-order valence-corrected chi connectivity index (χ0v) is 32.0. The molecule has 6 rings (SSSR count). The van der Waals surface area contributed by atoms with Crippen LogP contribution in [0, 0.1) is 34.5 Å². The number of aromatic nitrogens is 8. The number of carbonyl (C=O) groups is 2. The third-order valence-electron chi connectivity index (χ3n) is 6.54. The minimum Gasteiger partial charge on any atom is -0.384 e. The summed E-state index contributed by atoms with van der Waals surface area (Å²) in [5, 5.41) is 17.9. The van der Waals surface area contributed by atoms with Gasteiger partial charge in [0.1, 0.15) is 45.7 Å². The molecule has 17 nitrogen and oxygen atoms in total. The van der Waals surface area contributed by atoms with Crippen molar-refractivity contribution in [3.63, 3.8) is 0 Å². The number of aromatic amines is 2. The fraction of sp³-hybridized carbons (Fsp3) is 0.200. The molecular weight excluding hydrogens is 773 g/mol. The maximum absolute atomic E-state index is 11.6. The number of nitrogens with one attached hydrogen (secondary N) is 2. The molecule has 0 amide bonds. The van der Waals surface area contributed by atoms with Crippen molar-refractivity contribution in [3.05, 3.63) is 109 Å². The summed E-state index contributed by atoms with van der Waals surface area (Å²) in [6, 6.07) is 16.4. The number of nitriles is 2. The first-order valence-corrected chi connectivity index (χ1v) is 16.9. The Balaban J connectivity index is 0.000000247. The zero-order chi connectivity index (χ0) is 41.2. The monoisotopic (exact) mass is 805 g/mol. The van der Waals surface area contributed by atoms with E-state index in [2.05, 4.69) is 39.9 Å². The standard InChI is InChI=1S/C12H13N3O2.C7H6N4O.C6H2Cl2N2.C6H6N4.C4H7ClO/c1-7(2)10(16)5-8-3-4-9-11(15-8)13-6-14-12(9)17;8-5-2-1-4-6(11-5)9-3-10-7(4)12;7-5-2-1-4(3-9)6(8)10-5;7-3-4-1-2-5(8)10-6(4)9;1-3(2)4(5)6/h3-4,6-7H,5H2,1-2H3,(H,13,14,15,17);1-3H,(H3,8,9,10,11,12);1-2H;1-2H,(H4,8,9,10);3H,1-2H3. The lowest BCUT2D eigenvalue weighted by atomic mass is 10.0. The van der Waals surface area contributed by atoms with Gasteiger partial charge in [-0.2, -0.15) is 10.5 Å². The van der Waals surface area contributed by atoms with Gasteiger partial charge in [-0.25, -0.2) is 29.9 Å². The van der Waals surface area contributed by atoms with Crippen molar-refractivity contribution in [2.75, 3.05) is 17.2 Å². The highest BCUT2D eigenvalue weighted by molar-refractivity contribution is 6.63. The molecule has 6 aromatic heterocycles. The maximum Gasteiger partial charge on any atom is 0.260 e. The van der Waals surface area contributed by atoms with Crippen LogP contribution in [0.5, 0.6) is 0 Å². The minimum atomic E-state index is -0.269. The van der Waals surface area contributed by atoms with Crippen LogP contribution in [0.2, 0.25) is 10.3 Å². The van der Waals surface area contributed by atoms with Crippen molar-refractivity contribution in [1.29, 1.82) is 10.5 Å². The van der Waals surface area contributed by atoms with Crippen LogP contribution in [0.25, 0.3) is 22.1 Å². The molecule has 0 spiro atoms. The van der Waals surface area contributed by atoms with Gasteiger partial charge in [0.25, 0.3) is 11.1 Å². The summed E-state index contributed by atoms with van der Waals surface area (Å²) >= 11 is 16.0. The summed E-state index contributed by atoms with van der Waals surface area (Å²) in [6.45, 7) is 7.23. The molecule has 0 atom stereocenters. The highest BCUT2D eigenvalue weighted by Crippen LogP contribution is 2.15. The van der Waals surface area contributed by atoms with Crippen molar-refractivity contribution < 1.29 is 9.59 Å². The van der Waals surface area contributed by atoms with Gasteiger partial charge < -0.3 is 27.2 Å². The van der Waals surface area contributed by atoms with Gasteiger partial charge >= 0.3 is 0 Å². The molecule has 0 bridgehead atoms. The number of ketones is 1. The van der Waals surface area contributed by atoms with E-state index in [1.54, 1.807) is 38.1 Å². The van der Waals surface area contributed by atoms with Crippen molar-refractivity contribution in [3.8, 4) is 12.1 Å². The Labute approximate surface area is 328 Å². The average molecular weight is 807 g/mol. The first-order valence-electron chi connectivity index (χ1n) is 15.8. The smallest absolute Gasteiger partial charge is 0.260 e. The first-order chi connectivity index (χ1) is 26.0. The van der Waals surface area contributed by atoms with Gasteiger partial charge in [-0.1, -0.05) is 50.9 Å². The largest absolute Gasteiger partial charge is 0.384 e. The molecule has 55 heavy (non-hydrogen) atoms. The molecule has 0 saturated heterocycles. The number of pyridine rings is 4. The third kappa shape index (κ3) is 14.8. The first kappa shape index (κ1) is 44.6. The minimum absolute atomic E-state index is 0.0142. The van der Waals surface area contributed by atoms with Gasteiger partial charge in [0, 0.05) is 18.3 Å². The summed E-state index contributed by atoms with van der Waals surface area (Å²) < 4.78 is 0. The molecule has 0 fully saturated rings. The number of Topliss-reactive ketones (excluding diaryl/α,β-unsaturated/α-hetero) is 1. The van der Waals surface area contributed by atoms with Crippen LogP contribution >= 0.6 is 34.8 Å². The molecule has 0 unspecified atom stereocenters. The van der Waals surface area contributed by atoms with E-state index >= 15 is 0 Å². The van der Waals surface area contributed by atoms with E-state index in [1.807, 2.05) is 26.0 Å². The summed E-state index contributed by atoms with van der Waals surface area (Å²) in [4.78, 5) is 72.2. The van der Waals surface area contributed by atoms with E-state index in [-0.39, 0.29) is 51.4 Å². The average Bonchev–Trinajstić information content (AvgIpc) is 3.13. The van der Waals surface area contributed by atoms with Crippen LogP contribution in [0.4, 0.5) is 17.5 Å². The molecule has 20 heteroatoms. The molecule has 8 N–H and O–H groups in total. The molecule has 0 aromatic carbocycles. The number of carbonyl (C=O) groups excluding carboxylic acids is 2. The predicted molar refractivity (Wildman–Crippen MR) is 211 cm³/mol. The molecule has 284 valence electrons. The number of hydrogen-bond donors (Lipinski definition) is 5. The predicted octanol–water partition coefficient (Wildman–Crippen LogP) is 4.77. The lowest BCUT2D eigenvalue weighted by Gasteiger charge is -2.04. The fourth-order valence-corrected chi connectivity index (χ4v) is 3.91. The van der Waals surface area contributed by atoms with Crippen molar-refractivity contribution in [2.45, 2.75) is 34.1 Å². The topological polar surface area (TPSA) is 303 Å². The van der Waals surface area contributed by atoms with E-state index < -0.39 is 0 Å². The summed E-state index contributed by atoms with van der Waals surface area (Å²) in [6.07, 6.45) is 2.89. The van der Waals surface area contributed by atoms with E-state index in [9.17, 15) is 19.2 Å². The highest BCUT2D eigenvalue weighted by Gasteiger charge is 2.10. The molecule has 6 aromatic rings. The van der Waals surface area contributed by atoms with Gasteiger partial charge in [0.05, 0.1) is 40.2 Å². The maximum atomic E-state index is 11.6. The highest BCUT2D eigenvalue weighted by atomic mass is 35.5. The molecule has 0 aliphatic carbocycles. The lowest BCUT2D eigenvalue weighted by molar-refractivity contribution is -0.121. The number of nitrogens with zero attached hydrogens (tertiary/aromatic N) is 8. The second kappa shape index (κ2) is 21.9. The lowest BCUT2D eigenvalue weighted by Crippen LogP contribution is -2.12. The molecule has 0 aliphatic heterocycles. The summed E-state index contributed by atoms with van der Waals surface area (Å²) in [7, 11) is 0.